The van der Waals surface area contributed by atoms with Gasteiger partial charge in [-0.1, -0.05) is 0 Å². The molecule has 1 aromatic rings. The van der Waals surface area contributed by atoms with Crippen LogP contribution in [0.25, 0.3) is 0 Å². The third-order valence-electron chi connectivity index (χ3n) is 1.78. The first-order chi connectivity index (χ1) is 5.71. The number of hydrogen-bond acceptors (Lipinski definition) is 1. The summed E-state index contributed by atoms with van der Waals surface area (Å²) in [7, 11) is 0. The molecule has 0 N–H and O–H groups in total. The molecule has 0 radical (unpaired) electrons. The van der Waals surface area contributed by atoms with Crippen molar-refractivity contribution in [1.29, 1.82) is 0 Å². The number of hydrogen-bond donors (Lipinski definition) is 0. The van der Waals surface area contributed by atoms with Crippen LogP contribution in [0, 0.1) is 0 Å². The molecule has 0 unspecified atom stereocenters. The Morgan fingerprint density at radius 1 is 0.923 bits per heavy atom. The van der Waals surface area contributed by atoms with Gasteiger partial charge in [-0.25, -0.2) is 0 Å². The summed E-state index contributed by atoms with van der Waals surface area (Å²) >= 11 is 6.30. The van der Waals surface area contributed by atoms with Crippen LogP contribution in [-0.2, 0) is 0 Å². The van der Waals surface area contributed by atoms with Crippen molar-refractivity contribution < 1.29 is 0 Å². The maximum atomic E-state index is 3.87. The normalized spacial score (nSPS) is 13.4. The van der Waals surface area contributed by atoms with Crippen LogP contribution in [0.1, 0.15) is 0 Å². The molecule has 13 heavy (non-hydrogen) atoms. The van der Waals surface area contributed by atoms with Crippen LogP contribution in [-0.4, -0.2) is 22.8 Å². The fraction of sp³-hybridized carbons (Fsp3) is 0.500. The van der Waals surface area contributed by atoms with Crippen LogP contribution in [0.5, 0.6) is 0 Å². The van der Waals surface area contributed by atoms with E-state index in [0.29, 0.717) is 0 Å². The van der Waals surface area contributed by atoms with E-state index in [1.54, 1.807) is 7.42 Å². The van der Waals surface area contributed by atoms with Gasteiger partial charge in [0.15, 0.2) is 0 Å². The average molecular weight is 447 g/mol. The van der Waals surface area contributed by atoms with Crippen molar-refractivity contribution in [2.75, 3.05) is 0 Å². The van der Waals surface area contributed by atoms with Gasteiger partial charge in [-0.2, -0.15) is 0 Å². The quantitative estimate of drug-likeness (QED) is 0.611. The van der Waals surface area contributed by atoms with E-state index in [2.05, 4.69) is 63.2 Å². The monoisotopic (exact) mass is 448 g/mol. The molecule has 0 amide bonds. The Morgan fingerprint density at radius 2 is 1.23 bits per heavy atom. The molecule has 1 aromatic heterocycles. The standard InChI is InChI=1S/C8H14Br2Ge2S/c1-11(2,9)7-5-6-8(13-7)12(3,4)10/h5-6H,1-4H3. The summed E-state index contributed by atoms with van der Waals surface area (Å²) < 4.78 is 3.21. The fourth-order valence-corrected chi connectivity index (χ4v) is 13.7. The minimum atomic E-state index is -1.73. The van der Waals surface area contributed by atoms with Crippen molar-refractivity contribution in [3.8, 4) is 0 Å². The molecule has 0 saturated carbocycles. The summed E-state index contributed by atoms with van der Waals surface area (Å²) in [5.41, 5.74) is 0. The molecule has 0 saturated heterocycles. The molecular weight excluding hydrogens is 433 g/mol. The Morgan fingerprint density at radius 3 is 1.38 bits per heavy atom. The van der Waals surface area contributed by atoms with Gasteiger partial charge in [-0.15, -0.1) is 0 Å². The molecule has 1 rings (SSSR count). The molecule has 0 spiro atoms. The predicted octanol–water partition coefficient (Wildman–Crippen LogP) is 3.36. The van der Waals surface area contributed by atoms with Crippen LogP contribution in [0.15, 0.2) is 12.1 Å². The van der Waals surface area contributed by atoms with E-state index >= 15 is 0 Å². The van der Waals surface area contributed by atoms with Crippen LogP contribution in [0.2, 0.25) is 23.0 Å². The van der Waals surface area contributed by atoms with Crippen molar-refractivity contribution in [2.24, 2.45) is 0 Å². The Bertz CT molecular complexity index is 267. The van der Waals surface area contributed by atoms with Gasteiger partial charge in [0.25, 0.3) is 0 Å². The second kappa shape index (κ2) is 4.32. The molecule has 0 fully saturated rings. The van der Waals surface area contributed by atoms with Crippen molar-refractivity contribution in [2.45, 2.75) is 23.0 Å². The van der Waals surface area contributed by atoms with Gasteiger partial charge in [0.2, 0.25) is 0 Å². The van der Waals surface area contributed by atoms with Gasteiger partial charge in [-0.3, -0.25) is 0 Å². The molecule has 1 heterocycles. The predicted molar refractivity (Wildman–Crippen MR) is 76.4 cm³/mol. The van der Waals surface area contributed by atoms with Gasteiger partial charge in [-0.05, 0) is 0 Å². The molecule has 0 bridgehead atoms. The summed E-state index contributed by atoms with van der Waals surface area (Å²) in [5, 5.41) is 0. The Balaban J connectivity index is 3.01. The van der Waals surface area contributed by atoms with Gasteiger partial charge in [0.05, 0.1) is 0 Å². The second-order valence-corrected chi connectivity index (χ2v) is 41.9. The summed E-state index contributed by atoms with van der Waals surface area (Å²) in [6.07, 6.45) is 0. The molecule has 0 aromatic carbocycles. The third-order valence-corrected chi connectivity index (χ3v) is 21.9. The van der Waals surface area contributed by atoms with Crippen LogP contribution < -0.4 is 7.42 Å². The first kappa shape index (κ1) is 12.8. The zero-order valence-corrected chi connectivity index (χ0v) is 16.5. The Hall–Kier alpha value is 1.75. The number of thiophene rings is 1. The number of halogens is 2. The van der Waals surface area contributed by atoms with Crippen molar-refractivity contribution in [1.82, 2.24) is 0 Å². The van der Waals surface area contributed by atoms with Gasteiger partial charge in [0.1, 0.15) is 0 Å². The average Bonchev–Trinajstić information content (AvgIpc) is 2.28. The molecular formula is C8H14Br2Ge2S. The summed E-state index contributed by atoms with van der Waals surface area (Å²) in [6, 6.07) is 4.64. The third kappa shape index (κ3) is 3.67. The maximum absolute atomic E-state index is 3.87. The van der Waals surface area contributed by atoms with Gasteiger partial charge in [0, 0.05) is 0 Å². The van der Waals surface area contributed by atoms with Crippen LogP contribution >= 0.6 is 39.3 Å². The van der Waals surface area contributed by atoms with E-state index in [1.165, 1.54) is 0 Å². The van der Waals surface area contributed by atoms with Crippen LogP contribution in [0.4, 0.5) is 0 Å². The molecule has 0 aliphatic rings. The van der Waals surface area contributed by atoms with E-state index in [0.717, 1.165) is 0 Å². The van der Waals surface area contributed by atoms with Gasteiger partial charge >= 0.3 is 105 Å². The van der Waals surface area contributed by atoms with Crippen LogP contribution in [0.3, 0.4) is 0 Å². The van der Waals surface area contributed by atoms with E-state index in [-0.39, 0.29) is 0 Å². The summed E-state index contributed by atoms with van der Waals surface area (Å²) in [6.45, 7) is 0. The minimum absolute atomic E-state index is 1.60. The Kier molecular flexibility index (Phi) is 4.25. The molecule has 0 aliphatic carbocycles. The summed E-state index contributed by atoms with van der Waals surface area (Å²) in [5.74, 6) is 9.52. The number of rotatable bonds is 2. The van der Waals surface area contributed by atoms with E-state index < -0.39 is 22.8 Å². The SMILES string of the molecule is [CH3][Ge]([CH3])([Br])[c]1cc[c]([Ge]([CH3])([CH3])[Br])s1. The second-order valence-electron chi connectivity index (χ2n) is 4.11. The van der Waals surface area contributed by atoms with E-state index in [9.17, 15) is 0 Å². The molecule has 0 aliphatic heterocycles. The molecule has 0 atom stereocenters. The fourth-order valence-electron chi connectivity index (χ4n) is 0.977. The molecule has 74 valence electrons. The topological polar surface area (TPSA) is 0 Å². The first-order valence-electron chi connectivity index (χ1n) is 4.20. The van der Waals surface area contributed by atoms with Crippen molar-refractivity contribution in [3.05, 3.63) is 12.1 Å². The first-order valence-corrected chi connectivity index (χ1v) is 25.3. The van der Waals surface area contributed by atoms with E-state index in [4.69, 9.17) is 0 Å². The van der Waals surface area contributed by atoms with Gasteiger partial charge < -0.3 is 0 Å². The zero-order valence-electron chi connectivity index (χ0n) is 8.32. The zero-order chi connectivity index (χ0) is 10.3. The molecule has 5 heteroatoms. The molecule has 0 nitrogen and oxygen atoms in total. The van der Waals surface area contributed by atoms with Crippen molar-refractivity contribution >= 4 is 69.6 Å². The van der Waals surface area contributed by atoms with E-state index in [1.807, 2.05) is 11.3 Å². The van der Waals surface area contributed by atoms with Crippen molar-refractivity contribution in [3.63, 3.8) is 0 Å². The Labute approximate surface area is 103 Å². The summed E-state index contributed by atoms with van der Waals surface area (Å²) in [4.78, 5) is 0.